The van der Waals surface area contributed by atoms with Crippen LogP contribution in [0.2, 0.25) is 0 Å². The standard InChI is InChI=1S/C10H14N2O2/c13-9-5-6-12(10(14)7-11-9)8-3-1-2-4-8/h1-2,8H,3-7H2,(H,11,13). The Hall–Kier alpha value is -1.32. The van der Waals surface area contributed by atoms with E-state index in [1.54, 1.807) is 0 Å². The van der Waals surface area contributed by atoms with Gasteiger partial charge in [-0.2, -0.15) is 0 Å². The first kappa shape index (κ1) is 9.24. The molecule has 1 N–H and O–H groups in total. The van der Waals surface area contributed by atoms with Crippen molar-refractivity contribution in [1.82, 2.24) is 10.2 Å². The lowest BCUT2D eigenvalue weighted by Gasteiger charge is -2.26. The summed E-state index contributed by atoms with van der Waals surface area (Å²) < 4.78 is 0. The fourth-order valence-corrected chi connectivity index (χ4v) is 1.95. The molecule has 1 aliphatic carbocycles. The number of amides is 2. The predicted molar refractivity (Wildman–Crippen MR) is 51.5 cm³/mol. The van der Waals surface area contributed by atoms with Crippen LogP contribution in [0.3, 0.4) is 0 Å². The maximum Gasteiger partial charge on any atom is 0.242 e. The van der Waals surface area contributed by atoms with Crippen LogP contribution < -0.4 is 5.32 Å². The summed E-state index contributed by atoms with van der Waals surface area (Å²) in [6.07, 6.45) is 6.48. The Kier molecular flexibility index (Phi) is 2.52. The fraction of sp³-hybridized carbons (Fsp3) is 0.600. The Morgan fingerprint density at radius 1 is 1.29 bits per heavy atom. The highest BCUT2D eigenvalue weighted by Gasteiger charge is 2.26. The van der Waals surface area contributed by atoms with Gasteiger partial charge in [0, 0.05) is 19.0 Å². The molecule has 0 aromatic rings. The van der Waals surface area contributed by atoms with E-state index in [2.05, 4.69) is 17.5 Å². The molecule has 1 fully saturated rings. The molecule has 0 spiro atoms. The molecule has 2 aliphatic rings. The second-order valence-corrected chi connectivity index (χ2v) is 3.71. The quantitative estimate of drug-likeness (QED) is 0.600. The van der Waals surface area contributed by atoms with Crippen molar-refractivity contribution in [2.24, 2.45) is 0 Å². The van der Waals surface area contributed by atoms with Crippen molar-refractivity contribution < 1.29 is 9.59 Å². The molecule has 2 rings (SSSR count). The Morgan fingerprint density at radius 2 is 2.00 bits per heavy atom. The number of nitrogens with zero attached hydrogens (tertiary/aromatic N) is 1. The third-order valence-electron chi connectivity index (χ3n) is 2.76. The Bertz CT molecular complexity index is 278. The van der Waals surface area contributed by atoms with Crippen LogP contribution in [0.1, 0.15) is 19.3 Å². The van der Waals surface area contributed by atoms with Crippen molar-refractivity contribution in [3.8, 4) is 0 Å². The summed E-state index contributed by atoms with van der Waals surface area (Å²) in [5.41, 5.74) is 0. The second kappa shape index (κ2) is 3.82. The maximum absolute atomic E-state index is 11.6. The van der Waals surface area contributed by atoms with Gasteiger partial charge in [0.25, 0.3) is 0 Å². The van der Waals surface area contributed by atoms with Crippen molar-refractivity contribution >= 4 is 11.8 Å². The van der Waals surface area contributed by atoms with Gasteiger partial charge in [-0.1, -0.05) is 12.2 Å². The lowest BCUT2D eigenvalue weighted by atomic mass is 10.2. The van der Waals surface area contributed by atoms with Crippen LogP contribution in [-0.2, 0) is 9.59 Å². The fourth-order valence-electron chi connectivity index (χ4n) is 1.95. The molecule has 0 radical (unpaired) electrons. The zero-order valence-electron chi connectivity index (χ0n) is 8.03. The van der Waals surface area contributed by atoms with E-state index in [9.17, 15) is 9.59 Å². The van der Waals surface area contributed by atoms with Gasteiger partial charge in [-0.15, -0.1) is 0 Å². The highest BCUT2D eigenvalue weighted by molar-refractivity contribution is 5.87. The zero-order chi connectivity index (χ0) is 9.97. The van der Waals surface area contributed by atoms with Crippen LogP contribution in [-0.4, -0.2) is 35.8 Å². The van der Waals surface area contributed by atoms with E-state index in [4.69, 9.17) is 0 Å². The summed E-state index contributed by atoms with van der Waals surface area (Å²) in [5.74, 6) is 0.0244. The number of carbonyl (C=O) groups excluding carboxylic acids is 2. The molecule has 0 unspecified atom stereocenters. The first-order chi connectivity index (χ1) is 6.77. The van der Waals surface area contributed by atoms with E-state index < -0.39 is 0 Å². The van der Waals surface area contributed by atoms with E-state index in [0.29, 0.717) is 13.0 Å². The van der Waals surface area contributed by atoms with Crippen molar-refractivity contribution in [1.29, 1.82) is 0 Å². The average Bonchev–Trinajstić information content (AvgIpc) is 2.63. The van der Waals surface area contributed by atoms with Gasteiger partial charge < -0.3 is 10.2 Å². The van der Waals surface area contributed by atoms with Gasteiger partial charge in [-0.25, -0.2) is 0 Å². The average molecular weight is 194 g/mol. The highest BCUT2D eigenvalue weighted by atomic mass is 16.2. The molecule has 1 heterocycles. The van der Waals surface area contributed by atoms with Gasteiger partial charge >= 0.3 is 0 Å². The van der Waals surface area contributed by atoms with Crippen LogP contribution in [0.25, 0.3) is 0 Å². The molecule has 0 aromatic heterocycles. The number of carbonyl (C=O) groups is 2. The molecular formula is C10H14N2O2. The maximum atomic E-state index is 11.6. The summed E-state index contributed by atoms with van der Waals surface area (Å²) in [7, 11) is 0. The number of nitrogens with one attached hydrogen (secondary N) is 1. The first-order valence-corrected chi connectivity index (χ1v) is 4.98. The minimum atomic E-state index is -0.0215. The van der Waals surface area contributed by atoms with E-state index in [0.717, 1.165) is 12.8 Å². The van der Waals surface area contributed by atoms with E-state index in [-0.39, 0.29) is 24.4 Å². The summed E-state index contributed by atoms with van der Waals surface area (Å²) in [6.45, 7) is 0.729. The van der Waals surface area contributed by atoms with Crippen molar-refractivity contribution in [2.45, 2.75) is 25.3 Å². The van der Waals surface area contributed by atoms with E-state index >= 15 is 0 Å². The van der Waals surface area contributed by atoms with Crippen LogP contribution in [0, 0.1) is 0 Å². The molecule has 1 aliphatic heterocycles. The van der Waals surface area contributed by atoms with E-state index in [1.807, 2.05) is 4.90 Å². The summed E-state index contributed by atoms with van der Waals surface area (Å²) in [5, 5.41) is 2.60. The highest BCUT2D eigenvalue weighted by Crippen LogP contribution is 2.18. The molecule has 0 saturated carbocycles. The minimum Gasteiger partial charge on any atom is -0.347 e. The van der Waals surface area contributed by atoms with Gasteiger partial charge in [0.15, 0.2) is 0 Å². The Morgan fingerprint density at radius 3 is 2.71 bits per heavy atom. The van der Waals surface area contributed by atoms with Gasteiger partial charge in [0.05, 0.1) is 6.54 Å². The number of hydrogen-bond donors (Lipinski definition) is 1. The second-order valence-electron chi connectivity index (χ2n) is 3.71. The normalized spacial score (nSPS) is 23.9. The summed E-state index contributed by atoms with van der Waals surface area (Å²) >= 11 is 0. The predicted octanol–water partition coefficient (Wildman–Crippen LogP) is 0.0535. The van der Waals surface area contributed by atoms with Crippen LogP contribution in [0.5, 0.6) is 0 Å². The lowest BCUT2D eigenvalue weighted by Crippen LogP contribution is -2.41. The zero-order valence-corrected chi connectivity index (χ0v) is 8.03. The Balaban J connectivity index is 2.02. The molecule has 0 aromatic carbocycles. The largest absolute Gasteiger partial charge is 0.347 e. The third kappa shape index (κ3) is 1.78. The molecule has 76 valence electrons. The number of hydrogen-bond acceptors (Lipinski definition) is 2. The van der Waals surface area contributed by atoms with Gasteiger partial charge in [0.1, 0.15) is 0 Å². The van der Waals surface area contributed by atoms with Crippen LogP contribution >= 0.6 is 0 Å². The molecular weight excluding hydrogens is 180 g/mol. The first-order valence-electron chi connectivity index (χ1n) is 4.98. The van der Waals surface area contributed by atoms with Crippen molar-refractivity contribution in [2.75, 3.05) is 13.1 Å². The molecule has 4 heteroatoms. The molecule has 0 atom stereocenters. The molecule has 14 heavy (non-hydrogen) atoms. The summed E-state index contributed by atoms with van der Waals surface area (Å²) in [6, 6.07) is 0.287. The van der Waals surface area contributed by atoms with Crippen LogP contribution in [0.15, 0.2) is 12.2 Å². The summed E-state index contributed by atoms with van der Waals surface area (Å²) in [4.78, 5) is 24.5. The minimum absolute atomic E-state index is 0.0215. The van der Waals surface area contributed by atoms with Crippen LogP contribution in [0.4, 0.5) is 0 Å². The Labute approximate surface area is 83.0 Å². The molecule has 0 bridgehead atoms. The molecule has 2 amide bonds. The SMILES string of the molecule is O=C1CCN(C2CC=CC2)C(=O)CN1. The lowest BCUT2D eigenvalue weighted by molar-refractivity contribution is -0.131. The van der Waals surface area contributed by atoms with E-state index in [1.165, 1.54) is 0 Å². The van der Waals surface area contributed by atoms with Crippen molar-refractivity contribution in [3.63, 3.8) is 0 Å². The third-order valence-corrected chi connectivity index (χ3v) is 2.76. The molecule has 1 saturated heterocycles. The van der Waals surface area contributed by atoms with Gasteiger partial charge in [-0.3, -0.25) is 9.59 Å². The van der Waals surface area contributed by atoms with Crippen molar-refractivity contribution in [3.05, 3.63) is 12.2 Å². The smallest absolute Gasteiger partial charge is 0.242 e. The van der Waals surface area contributed by atoms with Gasteiger partial charge in [0.2, 0.25) is 11.8 Å². The molecule has 4 nitrogen and oxygen atoms in total. The van der Waals surface area contributed by atoms with Gasteiger partial charge in [-0.05, 0) is 12.8 Å². The number of rotatable bonds is 1. The topological polar surface area (TPSA) is 49.4 Å². The monoisotopic (exact) mass is 194 g/mol.